The van der Waals surface area contributed by atoms with Gasteiger partial charge in [0.05, 0.1) is 22.4 Å². The fourth-order valence-corrected chi connectivity index (χ4v) is 8.24. The van der Waals surface area contributed by atoms with E-state index in [-0.39, 0.29) is 5.41 Å². The second-order valence-electron chi connectivity index (χ2n) is 16.3. The predicted octanol–water partition coefficient (Wildman–Crippen LogP) is 12.4. The largest absolute Gasteiger partial charge is 0.457 e. The Morgan fingerprint density at radius 2 is 1.69 bits per heavy atom. The Balaban J connectivity index is 1.36. The van der Waals surface area contributed by atoms with E-state index in [4.69, 9.17) is 14.8 Å². The average Bonchev–Trinajstić information content (AvgIpc) is 3.58. The summed E-state index contributed by atoms with van der Waals surface area (Å²) in [6.07, 6.45) is 9.85. The molecule has 1 aliphatic carbocycles. The molecule has 0 saturated heterocycles. The number of benzene rings is 3. The molecule has 0 radical (unpaired) electrons. The molecule has 0 unspecified atom stereocenters. The zero-order chi connectivity index (χ0) is 36.0. The molecule has 0 fully saturated rings. The lowest BCUT2D eigenvalue weighted by molar-refractivity contribution is 0.444. The fraction of sp³-hybridized carbons (Fsp3) is 0.391. The van der Waals surface area contributed by atoms with Crippen LogP contribution in [-0.2, 0) is 18.3 Å². The van der Waals surface area contributed by atoms with E-state index in [9.17, 15) is 0 Å². The van der Waals surface area contributed by atoms with Crippen LogP contribution < -0.4 is 4.74 Å². The van der Waals surface area contributed by atoms with Gasteiger partial charge in [0.2, 0.25) is 0 Å². The molecule has 3 aromatic heterocycles. The molecule has 7 rings (SSSR count). The number of rotatable bonds is 9. The monoisotopic (exact) mass is 678 g/mol. The zero-order valence-corrected chi connectivity index (χ0v) is 32.0. The normalized spacial score (nSPS) is 16.7. The number of aromatic nitrogens is 4. The van der Waals surface area contributed by atoms with Gasteiger partial charge >= 0.3 is 0 Å². The minimum Gasteiger partial charge on any atom is -0.457 e. The van der Waals surface area contributed by atoms with Gasteiger partial charge < -0.3 is 4.74 Å². The molecule has 0 spiro atoms. The average molecular weight is 679 g/mol. The smallest absolute Gasteiger partial charge is 0.137 e. The lowest BCUT2D eigenvalue weighted by atomic mass is 9.74. The second-order valence-corrected chi connectivity index (χ2v) is 16.3. The van der Waals surface area contributed by atoms with Crippen LogP contribution in [0.25, 0.3) is 33.3 Å². The second kappa shape index (κ2) is 13.8. The van der Waals surface area contributed by atoms with Crippen LogP contribution in [0.2, 0.25) is 0 Å². The molecule has 1 aliphatic rings. The number of ether oxygens (including phenoxy) is 1. The van der Waals surface area contributed by atoms with Crippen molar-refractivity contribution in [3.63, 3.8) is 0 Å². The highest BCUT2D eigenvalue weighted by molar-refractivity contribution is 6.09. The van der Waals surface area contributed by atoms with Crippen LogP contribution in [0.4, 0.5) is 0 Å². The fourth-order valence-electron chi connectivity index (χ4n) is 8.24. The zero-order valence-electron chi connectivity index (χ0n) is 32.0. The van der Waals surface area contributed by atoms with Gasteiger partial charge in [-0.1, -0.05) is 84.7 Å². The van der Waals surface area contributed by atoms with E-state index in [0.717, 1.165) is 59.0 Å². The van der Waals surface area contributed by atoms with Gasteiger partial charge in [-0.2, -0.15) is 5.10 Å². The Labute approximate surface area is 304 Å². The van der Waals surface area contributed by atoms with Gasteiger partial charge in [-0.25, -0.2) is 9.67 Å². The highest BCUT2D eigenvalue weighted by atomic mass is 16.5. The topological polar surface area (TPSA) is 44.9 Å². The molecule has 0 aliphatic heterocycles. The first-order valence-electron chi connectivity index (χ1n) is 19.0. The van der Waals surface area contributed by atoms with E-state index in [1.807, 2.05) is 6.20 Å². The molecule has 2 atom stereocenters. The summed E-state index contributed by atoms with van der Waals surface area (Å²) in [5, 5.41) is 7.69. The Hall–Kier alpha value is -4.64. The molecule has 6 aromatic rings. The maximum atomic E-state index is 6.86. The van der Waals surface area contributed by atoms with E-state index in [0.29, 0.717) is 17.8 Å². The summed E-state index contributed by atoms with van der Waals surface area (Å²) >= 11 is 0. The minimum atomic E-state index is -0.0832. The van der Waals surface area contributed by atoms with Crippen molar-refractivity contribution >= 4 is 21.8 Å². The van der Waals surface area contributed by atoms with Gasteiger partial charge in [-0.05, 0) is 110 Å². The molecular formula is C46H54N4O. The molecule has 3 aromatic carbocycles. The molecule has 5 heteroatoms. The molecule has 0 saturated carbocycles. The van der Waals surface area contributed by atoms with E-state index in [1.165, 1.54) is 51.6 Å². The summed E-state index contributed by atoms with van der Waals surface area (Å²) in [5.74, 6) is 4.03. The number of aryl methyl sites for hydroxylation is 2. The minimum absolute atomic E-state index is 0.0832. The Kier molecular flexibility index (Phi) is 9.43. The van der Waals surface area contributed by atoms with Crippen molar-refractivity contribution in [3.05, 3.63) is 119 Å². The van der Waals surface area contributed by atoms with Gasteiger partial charge in [-0.15, -0.1) is 0 Å². The molecule has 3 heterocycles. The number of hydrogen-bond acceptors (Lipinski definition) is 3. The van der Waals surface area contributed by atoms with E-state index < -0.39 is 0 Å². The number of hydrogen-bond donors (Lipinski definition) is 0. The lowest BCUT2D eigenvalue weighted by Crippen LogP contribution is -2.18. The number of allylic oxidation sites excluding steroid dienone is 2. The van der Waals surface area contributed by atoms with Gasteiger partial charge in [0.15, 0.2) is 0 Å². The molecule has 51 heavy (non-hydrogen) atoms. The Morgan fingerprint density at radius 1 is 0.902 bits per heavy atom. The van der Waals surface area contributed by atoms with Crippen LogP contribution in [0.5, 0.6) is 11.5 Å². The SMILES string of the molecule is CCCc1ccnc(-n2c3ccccc3c3ccc(Oc4cc(-n5nc(C)c([C@H]6C(C)=CCC[C@@H]6C)c5CC(C)C)cc(C(C)(C)C)c4)cc32)c1. The van der Waals surface area contributed by atoms with E-state index >= 15 is 0 Å². The molecule has 264 valence electrons. The van der Waals surface area contributed by atoms with Crippen LogP contribution in [0, 0.1) is 18.8 Å². The van der Waals surface area contributed by atoms with E-state index in [2.05, 4.69) is 150 Å². The third-order valence-electron chi connectivity index (χ3n) is 10.7. The van der Waals surface area contributed by atoms with Crippen molar-refractivity contribution in [1.82, 2.24) is 19.3 Å². The highest BCUT2D eigenvalue weighted by Crippen LogP contribution is 2.43. The summed E-state index contributed by atoms with van der Waals surface area (Å²) in [5.41, 5.74) is 11.1. The molecular weight excluding hydrogens is 625 g/mol. The van der Waals surface area contributed by atoms with Gasteiger partial charge in [-0.3, -0.25) is 4.57 Å². The summed E-state index contributed by atoms with van der Waals surface area (Å²) in [6.45, 7) is 20.6. The molecule has 5 nitrogen and oxygen atoms in total. The van der Waals surface area contributed by atoms with Crippen LogP contribution in [0.1, 0.15) is 109 Å². The number of pyridine rings is 1. The van der Waals surface area contributed by atoms with Crippen molar-refractivity contribution in [2.24, 2.45) is 11.8 Å². The lowest BCUT2D eigenvalue weighted by Gasteiger charge is -2.30. The Bertz CT molecular complexity index is 2240. The van der Waals surface area contributed by atoms with Crippen molar-refractivity contribution in [2.45, 2.75) is 106 Å². The van der Waals surface area contributed by atoms with Crippen LogP contribution in [0.15, 0.2) is 90.6 Å². The standard InChI is InChI=1S/C46H54N4O/c1-10-14-33-21-22-47-43(24-33)49-40-18-12-11-17-38(40)39-20-19-36(28-41(39)49)51-37-26-34(46(7,8)9)25-35(27-37)50-42(23-29(2)3)45(32(6)48-50)44-30(4)15-13-16-31(44)5/h11-12,15,17-22,24-29,31,44H,10,13-14,16,23H2,1-9H3/t31-,44-/m0/s1. The first-order chi connectivity index (χ1) is 24.4. The third-order valence-corrected chi connectivity index (χ3v) is 10.7. The van der Waals surface area contributed by atoms with Crippen LogP contribution >= 0.6 is 0 Å². The van der Waals surface area contributed by atoms with Crippen LogP contribution in [-0.4, -0.2) is 19.3 Å². The quantitative estimate of drug-likeness (QED) is 0.143. The van der Waals surface area contributed by atoms with Crippen molar-refractivity contribution in [2.75, 3.05) is 0 Å². The summed E-state index contributed by atoms with van der Waals surface area (Å²) in [6, 6.07) is 26.1. The van der Waals surface area contributed by atoms with Gasteiger partial charge in [0.25, 0.3) is 0 Å². The van der Waals surface area contributed by atoms with E-state index in [1.54, 1.807) is 0 Å². The summed E-state index contributed by atoms with van der Waals surface area (Å²) in [7, 11) is 0. The maximum absolute atomic E-state index is 6.86. The number of fused-ring (bicyclic) bond motifs is 3. The first kappa shape index (κ1) is 34.8. The predicted molar refractivity (Wildman–Crippen MR) is 213 cm³/mol. The molecule has 0 amide bonds. The van der Waals surface area contributed by atoms with Crippen molar-refractivity contribution in [1.29, 1.82) is 0 Å². The first-order valence-corrected chi connectivity index (χ1v) is 19.0. The molecule has 0 bridgehead atoms. The highest BCUT2D eigenvalue weighted by Gasteiger charge is 2.31. The van der Waals surface area contributed by atoms with Gasteiger partial charge in [0, 0.05) is 46.3 Å². The Morgan fingerprint density at radius 3 is 2.43 bits per heavy atom. The van der Waals surface area contributed by atoms with Crippen molar-refractivity contribution in [3.8, 4) is 23.0 Å². The maximum Gasteiger partial charge on any atom is 0.137 e. The van der Waals surface area contributed by atoms with Crippen LogP contribution in [0.3, 0.4) is 0 Å². The van der Waals surface area contributed by atoms with Gasteiger partial charge in [0.1, 0.15) is 17.3 Å². The number of nitrogens with zero attached hydrogens (tertiary/aromatic N) is 4. The van der Waals surface area contributed by atoms with Crippen molar-refractivity contribution < 1.29 is 4.74 Å². The number of para-hydroxylation sites is 1. The molecule has 0 N–H and O–H groups in total. The summed E-state index contributed by atoms with van der Waals surface area (Å²) in [4.78, 5) is 4.85. The third kappa shape index (κ3) is 6.76. The summed E-state index contributed by atoms with van der Waals surface area (Å²) < 4.78 is 11.4.